The summed E-state index contributed by atoms with van der Waals surface area (Å²) in [5.74, 6) is 0.748. The molecule has 0 fully saturated rings. The molecule has 0 spiro atoms. The van der Waals surface area contributed by atoms with Gasteiger partial charge in [0.15, 0.2) is 0 Å². The molecule has 1 N–H and O–H groups in total. The maximum absolute atomic E-state index is 9.11. The first-order valence-electron chi connectivity index (χ1n) is 4.98. The number of para-hydroxylation sites is 1. The van der Waals surface area contributed by atoms with Crippen LogP contribution in [0.1, 0.15) is 24.0 Å². The van der Waals surface area contributed by atoms with E-state index in [9.17, 15) is 0 Å². The van der Waals surface area contributed by atoms with E-state index < -0.39 is 0 Å². The van der Waals surface area contributed by atoms with Gasteiger partial charge in [0, 0.05) is 12.0 Å². The second kappa shape index (κ2) is 6.05. The smallest absolute Gasteiger partial charge is 0.127 e. The summed E-state index contributed by atoms with van der Waals surface area (Å²) in [5.41, 5.74) is 1.81. The third-order valence-electron chi connectivity index (χ3n) is 2.14. The third-order valence-corrected chi connectivity index (χ3v) is 2.14. The van der Waals surface area contributed by atoms with Crippen LogP contribution in [0.3, 0.4) is 0 Å². The summed E-state index contributed by atoms with van der Waals surface area (Å²) in [6, 6.07) is 7.74. The van der Waals surface area contributed by atoms with E-state index in [0.29, 0.717) is 13.0 Å². The summed E-state index contributed by atoms with van der Waals surface area (Å²) in [4.78, 5) is 0. The van der Waals surface area contributed by atoms with E-state index in [4.69, 9.17) is 15.1 Å². The Bertz CT molecular complexity index is 355. The van der Waals surface area contributed by atoms with Gasteiger partial charge >= 0.3 is 0 Å². The maximum atomic E-state index is 9.11. The van der Waals surface area contributed by atoms with Gasteiger partial charge in [-0.3, -0.25) is 0 Å². The number of nitriles is 1. The topological polar surface area (TPSA) is 53.2 Å². The first-order chi connectivity index (χ1) is 7.29. The van der Waals surface area contributed by atoms with Crippen LogP contribution in [0.5, 0.6) is 5.75 Å². The Morgan fingerprint density at radius 3 is 2.93 bits per heavy atom. The predicted molar refractivity (Wildman–Crippen MR) is 57.4 cm³/mol. The van der Waals surface area contributed by atoms with E-state index in [1.165, 1.54) is 0 Å². The Labute approximate surface area is 89.9 Å². The molecule has 80 valence electrons. The minimum Gasteiger partial charge on any atom is -0.493 e. The maximum Gasteiger partial charge on any atom is 0.127 e. The van der Waals surface area contributed by atoms with Crippen molar-refractivity contribution in [1.82, 2.24) is 0 Å². The first kappa shape index (κ1) is 11.5. The van der Waals surface area contributed by atoms with Crippen LogP contribution in [-0.2, 0) is 6.61 Å². The predicted octanol–water partition coefficient (Wildman–Crippen LogP) is 2.17. The van der Waals surface area contributed by atoms with Gasteiger partial charge in [-0.15, -0.1) is 0 Å². The number of benzene rings is 1. The number of aryl methyl sites for hydroxylation is 1. The summed E-state index contributed by atoms with van der Waals surface area (Å²) in [7, 11) is 0. The van der Waals surface area contributed by atoms with E-state index in [1.807, 2.05) is 25.1 Å². The van der Waals surface area contributed by atoms with Gasteiger partial charge < -0.3 is 9.84 Å². The summed E-state index contributed by atoms with van der Waals surface area (Å²) in [6.45, 7) is 2.44. The average molecular weight is 205 g/mol. The van der Waals surface area contributed by atoms with Crippen molar-refractivity contribution >= 4 is 0 Å². The molecule has 0 aliphatic carbocycles. The van der Waals surface area contributed by atoms with Gasteiger partial charge in [0.05, 0.1) is 19.3 Å². The van der Waals surface area contributed by atoms with Crippen molar-refractivity contribution in [2.24, 2.45) is 0 Å². The van der Waals surface area contributed by atoms with E-state index in [2.05, 4.69) is 6.07 Å². The van der Waals surface area contributed by atoms with Crippen molar-refractivity contribution in [2.45, 2.75) is 26.4 Å². The molecule has 0 saturated carbocycles. The highest BCUT2D eigenvalue weighted by Crippen LogP contribution is 2.23. The number of unbranched alkanes of at least 4 members (excludes halogenated alkanes) is 1. The van der Waals surface area contributed by atoms with Crippen LogP contribution >= 0.6 is 0 Å². The van der Waals surface area contributed by atoms with Crippen LogP contribution in [0.4, 0.5) is 0 Å². The highest BCUT2D eigenvalue weighted by molar-refractivity contribution is 5.40. The summed E-state index contributed by atoms with van der Waals surface area (Å²) in [6.07, 6.45) is 1.22. The highest BCUT2D eigenvalue weighted by Gasteiger charge is 2.05. The molecule has 0 aliphatic heterocycles. The molecule has 0 saturated heterocycles. The van der Waals surface area contributed by atoms with Crippen molar-refractivity contribution < 1.29 is 9.84 Å². The van der Waals surface area contributed by atoms with E-state index in [1.54, 1.807) is 0 Å². The molecule has 1 aromatic rings. The normalized spacial score (nSPS) is 9.67. The zero-order valence-electron chi connectivity index (χ0n) is 8.86. The van der Waals surface area contributed by atoms with E-state index in [-0.39, 0.29) is 6.61 Å². The van der Waals surface area contributed by atoms with E-state index >= 15 is 0 Å². The second-order valence-corrected chi connectivity index (χ2v) is 3.33. The number of hydrogen-bond acceptors (Lipinski definition) is 3. The molecule has 3 nitrogen and oxygen atoms in total. The number of nitrogens with zero attached hydrogens (tertiary/aromatic N) is 1. The van der Waals surface area contributed by atoms with Crippen molar-refractivity contribution in [2.75, 3.05) is 6.61 Å². The Hall–Kier alpha value is -1.53. The molecule has 1 aromatic carbocycles. The van der Waals surface area contributed by atoms with Crippen LogP contribution in [0.25, 0.3) is 0 Å². The largest absolute Gasteiger partial charge is 0.493 e. The SMILES string of the molecule is Cc1cccc(CO)c1OCCCC#N. The zero-order chi connectivity index (χ0) is 11.1. The van der Waals surface area contributed by atoms with Crippen molar-refractivity contribution in [1.29, 1.82) is 5.26 Å². The molecule has 0 unspecified atom stereocenters. The van der Waals surface area contributed by atoms with Crippen molar-refractivity contribution in [3.8, 4) is 11.8 Å². The van der Waals surface area contributed by atoms with Crippen molar-refractivity contribution in [3.63, 3.8) is 0 Å². The van der Waals surface area contributed by atoms with Crippen LogP contribution in [0, 0.1) is 18.3 Å². The molecule has 0 atom stereocenters. The molecule has 3 heteroatoms. The lowest BCUT2D eigenvalue weighted by Crippen LogP contribution is -2.01. The Morgan fingerprint density at radius 2 is 2.27 bits per heavy atom. The minimum absolute atomic E-state index is 0.0186. The van der Waals surface area contributed by atoms with Gasteiger partial charge in [0.1, 0.15) is 5.75 Å². The van der Waals surface area contributed by atoms with Gasteiger partial charge in [-0.1, -0.05) is 18.2 Å². The number of rotatable bonds is 5. The third kappa shape index (κ3) is 3.26. The summed E-state index contributed by atoms with van der Waals surface area (Å²) in [5, 5.41) is 17.5. The molecule has 1 rings (SSSR count). The first-order valence-corrected chi connectivity index (χ1v) is 4.98. The lowest BCUT2D eigenvalue weighted by atomic mass is 10.1. The molecule has 15 heavy (non-hydrogen) atoms. The monoisotopic (exact) mass is 205 g/mol. The average Bonchev–Trinajstić information content (AvgIpc) is 2.26. The van der Waals surface area contributed by atoms with Crippen molar-refractivity contribution in [3.05, 3.63) is 29.3 Å². The molecule has 0 aromatic heterocycles. The Balaban J connectivity index is 2.63. The summed E-state index contributed by atoms with van der Waals surface area (Å²) < 4.78 is 5.55. The number of hydrogen-bond donors (Lipinski definition) is 1. The number of aliphatic hydroxyl groups is 1. The van der Waals surface area contributed by atoms with Crippen LogP contribution in [0.15, 0.2) is 18.2 Å². The fraction of sp³-hybridized carbons (Fsp3) is 0.417. The van der Waals surface area contributed by atoms with Crippen LogP contribution in [0.2, 0.25) is 0 Å². The molecular formula is C12H15NO2. The fourth-order valence-electron chi connectivity index (χ4n) is 1.37. The highest BCUT2D eigenvalue weighted by atomic mass is 16.5. The van der Waals surface area contributed by atoms with Gasteiger partial charge in [-0.2, -0.15) is 5.26 Å². The molecule has 0 aliphatic rings. The van der Waals surface area contributed by atoms with E-state index in [0.717, 1.165) is 23.3 Å². The molecular weight excluding hydrogens is 190 g/mol. The number of ether oxygens (including phenoxy) is 1. The lowest BCUT2D eigenvalue weighted by molar-refractivity contribution is 0.261. The lowest BCUT2D eigenvalue weighted by Gasteiger charge is -2.11. The molecule has 0 radical (unpaired) electrons. The number of aliphatic hydroxyl groups excluding tert-OH is 1. The standard InChI is InChI=1S/C12H15NO2/c1-10-5-4-6-11(9-14)12(10)15-8-3-2-7-13/h4-6,14H,2-3,8-9H2,1H3. The zero-order valence-corrected chi connectivity index (χ0v) is 8.86. The second-order valence-electron chi connectivity index (χ2n) is 3.33. The van der Waals surface area contributed by atoms with Gasteiger partial charge in [-0.25, -0.2) is 0 Å². The molecule has 0 amide bonds. The molecule has 0 bridgehead atoms. The van der Waals surface area contributed by atoms with Crippen LogP contribution < -0.4 is 4.74 Å². The quantitative estimate of drug-likeness (QED) is 0.749. The van der Waals surface area contributed by atoms with Gasteiger partial charge in [0.25, 0.3) is 0 Å². The minimum atomic E-state index is -0.0186. The fourth-order valence-corrected chi connectivity index (χ4v) is 1.37. The van der Waals surface area contributed by atoms with Gasteiger partial charge in [-0.05, 0) is 18.9 Å². The van der Waals surface area contributed by atoms with Crippen LogP contribution in [-0.4, -0.2) is 11.7 Å². The molecule has 0 heterocycles. The van der Waals surface area contributed by atoms with Gasteiger partial charge in [0.2, 0.25) is 0 Å². The Morgan fingerprint density at radius 1 is 1.47 bits per heavy atom. The summed E-state index contributed by atoms with van der Waals surface area (Å²) >= 11 is 0. The Kier molecular flexibility index (Phi) is 4.65.